The Balaban J connectivity index is 1.74. The van der Waals surface area contributed by atoms with Gasteiger partial charge in [0.25, 0.3) is 0 Å². The van der Waals surface area contributed by atoms with Crippen LogP contribution < -0.4 is 0 Å². The molecule has 20 heavy (non-hydrogen) atoms. The van der Waals surface area contributed by atoms with Gasteiger partial charge in [0.1, 0.15) is 0 Å². The summed E-state index contributed by atoms with van der Waals surface area (Å²) in [6.07, 6.45) is 2.77. The number of ether oxygens (including phenoxy) is 1. The Morgan fingerprint density at radius 3 is 2.55 bits per heavy atom. The lowest BCUT2D eigenvalue weighted by molar-refractivity contribution is -0.144. The molecule has 4 heteroatoms. The van der Waals surface area contributed by atoms with E-state index in [-0.39, 0.29) is 5.97 Å². The lowest BCUT2D eigenvalue weighted by Crippen LogP contribution is -2.34. The number of hydrogen-bond acceptors (Lipinski definition) is 3. The molecule has 0 spiro atoms. The first kappa shape index (κ1) is 15.5. The van der Waals surface area contributed by atoms with Gasteiger partial charge in [-0.2, -0.15) is 0 Å². The number of benzene rings is 1. The van der Waals surface area contributed by atoms with Crippen LogP contribution in [0.3, 0.4) is 0 Å². The van der Waals surface area contributed by atoms with Gasteiger partial charge in [-0.25, -0.2) is 0 Å². The number of esters is 1. The van der Waals surface area contributed by atoms with E-state index in [1.54, 1.807) is 0 Å². The normalized spacial score (nSPS) is 17.1. The van der Waals surface area contributed by atoms with Gasteiger partial charge < -0.3 is 4.74 Å². The van der Waals surface area contributed by atoms with E-state index in [9.17, 15) is 4.79 Å². The molecule has 0 radical (unpaired) electrons. The summed E-state index contributed by atoms with van der Waals surface area (Å²) in [4.78, 5) is 13.9. The van der Waals surface area contributed by atoms with Crippen LogP contribution in [0.25, 0.3) is 0 Å². The number of hydrogen-bond donors (Lipinski definition) is 0. The van der Waals surface area contributed by atoms with Crippen LogP contribution >= 0.6 is 15.9 Å². The predicted octanol–water partition coefficient (Wildman–Crippen LogP) is 3.61. The molecule has 0 atom stereocenters. The van der Waals surface area contributed by atoms with Gasteiger partial charge in [0.15, 0.2) is 0 Å². The van der Waals surface area contributed by atoms with Crippen LogP contribution in [0.15, 0.2) is 28.7 Å². The van der Waals surface area contributed by atoms with Gasteiger partial charge in [0.2, 0.25) is 0 Å². The van der Waals surface area contributed by atoms with E-state index >= 15 is 0 Å². The van der Waals surface area contributed by atoms with E-state index in [2.05, 4.69) is 45.1 Å². The van der Waals surface area contributed by atoms with Crippen molar-refractivity contribution in [2.75, 3.05) is 19.7 Å². The summed E-state index contributed by atoms with van der Waals surface area (Å²) in [5.74, 6) is 0.453. The van der Waals surface area contributed by atoms with Crippen molar-refractivity contribution in [3.63, 3.8) is 0 Å². The third-order valence-corrected chi connectivity index (χ3v) is 4.32. The minimum absolute atomic E-state index is 0.0427. The standard InChI is InChI=1S/C16H22BrNO2/c1-2-20-16(19)11-13-7-9-18(10-8-13)12-14-3-5-15(17)6-4-14/h3-6,13H,2,7-12H2,1H3. The van der Waals surface area contributed by atoms with Crippen molar-refractivity contribution in [3.05, 3.63) is 34.3 Å². The number of carbonyl (C=O) groups is 1. The Kier molecular flexibility index (Phi) is 6.05. The van der Waals surface area contributed by atoms with E-state index in [1.165, 1.54) is 5.56 Å². The second-order valence-electron chi connectivity index (χ2n) is 5.36. The molecule has 1 aliphatic rings. The Bertz CT molecular complexity index is 425. The molecule has 1 aliphatic heterocycles. The zero-order valence-corrected chi connectivity index (χ0v) is 13.6. The van der Waals surface area contributed by atoms with E-state index in [0.717, 1.165) is 36.9 Å². The van der Waals surface area contributed by atoms with Crippen LogP contribution in [-0.2, 0) is 16.1 Å². The maximum Gasteiger partial charge on any atom is 0.306 e. The van der Waals surface area contributed by atoms with Crippen LogP contribution in [0.4, 0.5) is 0 Å². The predicted molar refractivity (Wildman–Crippen MR) is 83.4 cm³/mol. The van der Waals surface area contributed by atoms with Gasteiger partial charge >= 0.3 is 5.97 Å². The van der Waals surface area contributed by atoms with Gasteiger partial charge in [0, 0.05) is 17.4 Å². The second-order valence-corrected chi connectivity index (χ2v) is 6.27. The second kappa shape index (κ2) is 7.79. The fourth-order valence-electron chi connectivity index (χ4n) is 2.65. The van der Waals surface area contributed by atoms with E-state index < -0.39 is 0 Å². The van der Waals surface area contributed by atoms with Crippen LogP contribution in [-0.4, -0.2) is 30.6 Å². The number of piperidine rings is 1. The summed E-state index contributed by atoms with van der Waals surface area (Å²) in [5, 5.41) is 0. The van der Waals surface area contributed by atoms with Crippen LogP contribution in [0.2, 0.25) is 0 Å². The molecule has 1 aromatic carbocycles. The number of halogens is 1. The fourth-order valence-corrected chi connectivity index (χ4v) is 2.92. The molecule has 0 aromatic heterocycles. The third kappa shape index (κ3) is 4.91. The number of carbonyl (C=O) groups excluding carboxylic acids is 1. The highest BCUT2D eigenvalue weighted by molar-refractivity contribution is 9.10. The quantitative estimate of drug-likeness (QED) is 0.767. The Labute approximate surface area is 129 Å². The third-order valence-electron chi connectivity index (χ3n) is 3.79. The van der Waals surface area contributed by atoms with Crippen LogP contribution in [0.1, 0.15) is 31.7 Å². The molecule has 2 rings (SSSR count). The summed E-state index contributed by atoms with van der Waals surface area (Å²) in [7, 11) is 0. The lowest BCUT2D eigenvalue weighted by Gasteiger charge is -2.31. The summed E-state index contributed by atoms with van der Waals surface area (Å²) in [6, 6.07) is 8.50. The van der Waals surface area contributed by atoms with Crippen molar-refractivity contribution in [1.82, 2.24) is 4.90 Å². The SMILES string of the molecule is CCOC(=O)CC1CCN(Cc2ccc(Br)cc2)CC1. The molecule has 1 heterocycles. The first-order valence-electron chi connectivity index (χ1n) is 7.29. The number of nitrogens with zero attached hydrogens (tertiary/aromatic N) is 1. The molecule has 0 unspecified atom stereocenters. The zero-order chi connectivity index (χ0) is 14.4. The van der Waals surface area contributed by atoms with Gasteiger partial charge in [-0.3, -0.25) is 9.69 Å². The molecular weight excluding hydrogens is 318 g/mol. The smallest absolute Gasteiger partial charge is 0.306 e. The molecule has 3 nitrogen and oxygen atoms in total. The average molecular weight is 340 g/mol. The average Bonchev–Trinajstić information content (AvgIpc) is 2.44. The Morgan fingerprint density at radius 2 is 1.95 bits per heavy atom. The highest BCUT2D eigenvalue weighted by Gasteiger charge is 2.21. The summed E-state index contributed by atoms with van der Waals surface area (Å²) >= 11 is 3.46. The first-order chi connectivity index (χ1) is 9.67. The Hall–Kier alpha value is -0.870. The fraction of sp³-hybridized carbons (Fsp3) is 0.562. The molecule has 0 bridgehead atoms. The maximum absolute atomic E-state index is 11.5. The van der Waals surface area contributed by atoms with Gasteiger partial charge in [-0.05, 0) is 56.5 Å². The summed E-state index contributed by atoms with van der Waals surface area (Å²) in [6.45, 7) is 5.49. The molecule has 1 aromatic rings. The van der Waals surface area contributed by atoms with Crippen molar-refractivity contribution in [2.45, 2.75) is 32.7 Å². The summed E-state index contributed by atoms with van der Waals surface area (Å²) < 4.78 is 6.14. The van der Waals surface area contributed by atoms with E-state index in [0.29, 0.717) is 18.9 Å². The molecule has 0 saturated carbocycles. The van der Waals surface area contributed by atoms with E-state index in [1.807, 2.05) is 6.92 Å². The Morgan fingerprint density at radius 1 is 1.30 bits per heavy atom. The van der Waals surface area contributed by atoms with Crippen molar-refractivity contribution >= 4 is 21.9 Å². The molecule has 110 valence electrons. The van der Waals surface area contributed by atoms with Gasteiger partial charge in [-0.15, -0.1) is 0 Å². The van der Waals surface area contributed by atoms with Gasteiger partial charge in [-0.1, -0.05) is 28.1 Å². The van der Waals surface area contributed by atoms with Crippen LogP contribution in [0.5, 0.6) is 0 Å². The largest absolute Gasteiger partial charge is 0.466 e. The van der Waals surface area contributed by atoms with Crippen LogP contribution in [0, 0.1) is 5.92 Å². The van der Waals surface area contributed by atoms with Crippen molar-refractivity contribution in [1.29, 1.82) is 0 Å². The highest BCUT2D eigenvalue weighted by Crippen LogP contribution is 2.22. The highest BCUT2D eigenvalue weighted by atomic mass is 79.9. The lowest BCUT2D eigenvalue weighted by atomic mass is 9.93. The number of rotatable bonds is 5. The van der Waals surface area contributed by atoms with Crippen molar-refractivity contribution < 1.29 is 9.53 Å². The summed E-state index contributed by atoms with van der Waals surface area (Å²) in [5.41, 5.74) is 1.34. The van der Waals surface area contributed by atoms with Crippen molar-refractivity contribution in [2.24, 2.45) is 5.92 Å². The first-order valence-corrected chi connectivity index (χ1v) is 8.09. The molecule has 0 aliphatic carbocycles. The minimum Gasteiger partial charge on any atom is -0.466 e. The molecular formula is C16H22BrNO2. The molecule has 1 saturated heterocycles. The molecule has 0 amide bonds. The van der Waals surface area contributed by atoms with E-state index in [4.69, 9.17) is 4.74 Å². The topological polar surface area (TPSA) is 29.5 Å². The molecule has 1 fully saturated rings. The number of likely N-dealkylation sites (tertiary alicyclic amines) is 1. The minimum atomic E-state index is -0.0427. The monoisotopic (exact) mass is 339 g/mol. The molecule has 0 N–H and O–H groups in total. The van der Waals surface area contributed by atoms with Crippen molar-refractivity contribution in [3.8, 4) is 0 Å². The maximum atomic E-state index is 11.5. The van der Waals surface area contributed by atoms with Gasteiger partial charge in [0.05, 0.1) is 6.61 Å². The zero-order valence-electron chi connectivity index (χ0n) is 12.0.